The van der Waals surface area contributed by atoms with E-state index in [0.29, 0.717) is 22.4 Å². The normalized spacial score (nSPS) is 15.2. The first-order valence-electron chi connectivity index (χ1n) is 7.96. The molecule has 1 saturated heterocycles. The number of nitrogens with zero attached hydrogens (tertiary/aromatic N) is 6. The molecule has 9 nitrogen and oxygen atoms in total. The van der Waals surface area contributed by atoms with Crippen LogP contribution in [0.5, 0.6) is 0 Å². The first-order chi connectivity index (χ1) is 12.3. The molecule has 4 heterocycles. The van der Waals surface area contributed by atoms with Crippen molar-refractivity contribution in [3.63, 3.8) is 0 Å². The fourth-order valence-corrected chi connectivity index (χ4v) is 3.39. The number of nitrogens with one attached hydrogen (secondary N) is 2. The Labute approximate surface area is 147 Å². The Morgan fingerprint density at radius 3 is 2.92 bits per heavy atom. The minimum Gasteiger partial charge on any atom is -0.317 e. The summed E-state index contributed by atoms with van der Waals surface area (Å²) in [5.74, 6) is -0.308. The van der Waals surface area contributed by atoms with Crippen LogP contribution in [0.25, 0.3) is 10.7 Å². The molecule has 1 aliphatic heterocycles. The standard InChI is InChI=1S/C15H16N8OS/c24-13(15-22-21-14(25-15)12-8-17-5-6-18-12)20-10-7-19-23(9-10)11-1-3-16-4-2-11/h5-9,11,16H,1-4H2,(H,20,24). The molecule has 128 valence electrons. The molecule has 0 saturated carbocycles. The molecule has 10 heteroatoms. The van der Waals surface area contributed by atoms with Crippen molar-refractivity contribution in [2.24, 2.45) is 0 Å². The lowest BCUT2D eigenvalue weighted by molar-refractivity contribution is 0.102. The van der Waals surface area contributed by atoms with Crippen molar-refractivity contribution >= 4 is 22.9 Å². The Balaban J connectivity index is 1.44. The van der Waals surface area contributed by atoms with Crippen molar-refractivity contribution in [1.82, 2.24) is 35.3 Å². The highest BCUT2D eigenvalue weighted by Crippen LogP contribution is 2.22. The molecular weight excluding hydrogens is 340 g/mol. The lowest BCUT2D eigenvalue weighted by Crippen LogP contribution is -2.29. The van der Waals surface area contributed by atoms with Gasteiger partial charge in [-0.3, -0.25) is 19.4 Å². The van der Waals surface area contributed by atoms with Gasteiger partial charge in [-0.05, 0) is 25.9 Å². The Bertz CT molecular complexity index is 855. The minimum absolute atomic E-state index is 0.273. The maximum Gasteiger partial charge on any atom is 0.286 e. The zero-order chi connectivity index (χ0) is 17.1. The first-order valence-corrected chi connectivity index (χ1v) is 8.77. The lowest BCUT2D eigenvalue weighted by Gasteiger charge is -2.22. The van der Waals surface area contributed by atoms with Crippen LogP contribution >= 0.6 is 11.3 Å². The van der Waals surface area contributed by atoms with Crippen molar-refractivity contribution in [3.05, 3.63) is 36.0 Å². The molecule has 0 aromatic carbocycles. The number of carbonyl (C=O) groups is 1. The van der Waals surface area contributed by atoms with Crippen LogP contribution in [-0.4, -0.2) is 48.9 Å². The predicted molar refractivity (Wildman–Crippen MR) is 92.3 cm³/mol. The summed E-state index contributed by atoms with van der Waals surface area (Å²) in [6.45, 7) is 1.98. The van der Waals surface area contributed by atoms with Crippen LogP contribution in [-0.2, 0) is 0 Å². The average molecular weight is 356 g/mol. The van der Waals surface area contributed by atoms with Crippen LogP contribution in [0.1, 0.15) is 28.7 Å². The van der Waals surface area contributed by atoms with Gasteiger partial charge in [-0.1, -0.05) is 11.3 Å². The van der Waals surface area contributed by atoms with Gasteiger partial charge in [0.15, 0.2) is 5.01 Å². The molecule has 25 heavy (non-hydrogen) atoms. The van der Waals surface area contributed by atoms with Crippen molar-refractivity contribution in [3.8, 4) is 10.7 Å². The third kappa shape index (κ3) is 3.54. The number of anilines is 1. The van der Waals surface area contributed by atoms with Gasteiger partial charge in [0.2, 0.25) is 5.01 Å². The quantitative estimate of drug-likeness (QED) is 0.726. The van der Waals surface area contributed by atoms with E-state index in [4.69, 9.17) is 0 Å². The second-order valence-electron chi connectivity index (χ2n) is 5.65. The Hall–Kier alpha value is -2.72. The first kappa shape index (κ1) is 15.8. The molecule has 0 bridgehead atoms. The van der Waals surface area contributed by atoms with Gasteiger partial charge in [-0.25, -0.2) is 0 Å². The monoisotopic (exact) mass is 356 g/mol. The van der Waals surface area contributed by atoms with Crippen LogP contribution in [0.2, 0.25) is 0 Å². The minimum atomic E-state index is -0.308. The third-order valence-electron chi connectivity index (χ3n) is 3.94. The number of rotatable bonds is 4. The van der Waals surface area contributed by atoms with Gasteiger partial charge in [0.1, 0.15) is 5.69 Å². The fraction of sp³-hybridized carbons (Fsp3) is 0.333. The average Bonchev–Trinajstić information content (AvgIpc) is 3.33. The third-order valence-corrected chi connectivity index (χ3v) is 4.89. The zero-order valence-electron chi connectivity index (χ0n) is 13.3. The summed E-state index contributed by atoms with van der Waals surface area (Å²) in [7, 11) is 0. The number of carbonyl (C=O) groups excluding carboxylic acids is 1. The van der Waals surface area contributed by atoms with Crippen molar-refractivity contribution in [2.45, 2.75) is 18.9 Å². The highest BCUT2D eigenvalue weighted by molar-refractivity contribution is 7.16. The molecule has 0 atom stereocenters. The van der Waals surface area contributed by atoms with Gasteiger partial charge in [-0.2, -0.15) is 5.10 Å². The summed E-state index contributed by atoms with van der Waals surface area (Å²) in [6, 6.07) is 0.372. The number of amides is 1. The molecule has 2 N–H and O–H groups in total. The van der Waals surface area contributed by atoms with Gasteiger partial charge >= 0.3 is 0 Å². The van der Waals surface area contributed by atoms with E-state index in [9.17, 15) is 4.79 Å². The molecule has 0 unspecified atom stereocenters. The largest absolute Gasteiger partial charge is 0.317 e. The second-order valence-corrected chi connectivity index (χ2v) is 6.62. The highest BCUT2D eigenvalue weighted by Gasteiger charge is 2.18. The van der Waals surface area contributed by atoms with E-state index < -0.39 is 0 Å². The second kappa shape index (κ2) is 7.03. The highest BCUT2D eigenvalue weighted by atomic mass is 32.1. The molecule has 0 spiro atoms. The van der Waals surface area contributed by atoms with Crippen LogP contribution < -0.4 is 10.6 Å². The number of piperidine rings is 1. The van der Waals surface area contributed by atoms with E-state index in [-0.39, 0.29) is 10.9 Å². The lowest BCUT2D eigenvalue weighted by atomic mass is 10.1. The number of aromatic nitrogens is 6. The molecule has 3 aromatic rings. The van der Waals surface area contributed by atoms with Gasteiger partial charge in [0.05, 0.1) is 24.1 Å². The Morgan fingerprint density at radius 1 is 1.24 bits per heavy atom. The van der Waals surface area contributed by atoms with E-state index in [1.165, 1.54) is 11.3 Å². The topological polar surface area (TPSA) is 111 Å². The van der Waals surface area contributed by atoms with E-state index in [2.05, 4.69) is 35.9 Å². The molecule has 1 aliphatic rings. The summed E-state index contributed by atoms with van der Waals surface area (Å²) in [6.07, 6.45) is 10.3. The van der Waals surface area contributed by atoms with Gasteiger partial charge in [-0.15, -0.1) is 10.2 Å². The van der Waals surface area contributed by atoms with Crippen LogP contribution in [0.15, 0.2) is 31.0 Å². The molecule has 4 rings (SSSR count). The van der Waals surface area contributed by atoms with Crippen molar-refractivity contribution < 1.29 is 4.79 Å². The molecule has 0 aliphatic carbocycles. The van der Waals surface area contributed by atoms with Crippen molar-refractivity contribution in [1.29, 1.82) is 0 Å². The number of hydrogen-bond donors (Lipinski definition) is 2. The van der Waals surface area contributed by atoms with Gasteiger partial charge in [0.25, 0.3) is 5.91 Å². The Morgan fingerprint density at radius 2 is 2.12 bits per heavy atom. The zero-order valence-corrected chi connectivity index (χ0v) is 14.1. The van der Waals surface area contributed by atoms with Crippen LogP contribution in [0.4, 0.5) is 5.69 Å². The summed E-state index contributed by atoms with van der Waals surface area (Å²) in [5.41, 5.74) is 1.25. The summed E-state index contributed by atoms with van der Waals surface area (Å²) in [4.78, 5) is 20.5. The van der Waals surface area contributed by atoms with E-state index in [0.717, 1.165) is 25.9 Å². The number of hydrogen-bond acceptors (Lipinski definition) is 8. The maximum absolute atomic E-state index is 12.4. The fourth-order valence-electron chi connectivity index (χ4n) is 2.69. The van der Waals surface area contributed by atoms with Crippen molar-refractivity contribution in [2.75, 3.05) is 18.4 Å². The molecule has 1 amide bonds. The van der Waals surface area contributed by atoms with Gasteiger partial charge < -0.3 is 10.6 Å². The predicted octanol–water partition coefficient (Wildman–Crippen LogP) is 1.37. The molecule has 1 fully saturated rings. The van der Waals surface area contributed by atoms with E-state index in [1.54, 1.807) is 24.8 Å². The smallest absolute Gasteiger partial charge is 0.286 e. The Kier molecular flexibility index (Phi) is 4.44. The SMILES string of the molecule is O=C(Nc1cnn(C2CCNCC2)c1)c1nnc(-c2cnccn2)s1. The van der Waals surface area contributed by atoms with E-state index in [1.807, 2.05) is 10.9 Å². The molecule has 3 aromatic heterocycles. The van der Waals surface area contributed by atoms with Crippen LogP contribution in [0, 0.1) is 0 Å². The van der Waals surface area contributed by atoms with E-state index >= 15 is 0 Å². The van der Waals surface area contributed by atoms with Gasteiger partial charge in [0, 0.05) is 18.6 Å². The summed E-state index contributed by atoms with van der Waals surface area (Å²) in [5, 5.41) is 19.3. The van der Waals surface area contributed by atoms with Crippen LogP contribution in [0.3, 0.4) is 0 Å². The maximum atomic E-state index is 12.4. The molecule has 0 radical (unpaired) electrons. The summed E-state index contributed by atoms with van der Waals surface area (Å²) < 4.78 is 1.92. The molecular formula is C15H16N8OS. The summed E-state index contributed by atoms with van der Waals surface area (Å²) >= 11 is 1.18.